The lowest BCUT2D eigenvalue weighted by molar-refractivity contribution is -0.0603. The van der Waals surface area contributed by atoms with E-state index in [0.717, 1.165) is 6.20 Å². The van der Waals surface area contributed by atoms with Crippen LogP contribution in [0.25, 0.3) is 0 Å². The summed E-state index contributed by atoms with van der Waals surface area (Å²) in [6.07, 6.45) is 1.63. The van der Waals surface area contributed by atoms with Gasteiger partial charge in [0, 0.05) is 6.20 Å². The van der Waals surface area contributed by atoms with Crippen LogP contribution < -0.4 is 0 Å². The molecular weight excluding hydrogens is 309 g/mol. The van der Waals surface area contributed by atoms with E-state index in [1.807, 2.05) is 0 Å². The fraction of sp³-hybridized carbons (Fsp3) is 0.500. The zero-order valence-electron chi connectivity index (χ0n) is 10.5. The number of nitrogens with zero attached hydrogens (tertiary/aromatic N) is 1. The third-order valence-electron chi connectivity index (χ3n) is 1.71. The number of alkyl halides is 5. The van der Waals surface area contributed by atoms with Gasteiger partial charge in [-0.15, -0.1) is 0 Å². The molecule has 4 nitrogen and oxygen atoms in total. The summed E-state index contributed by atoms with van der Waals surface area (Å²) in [7, 11) is -6.09. The molecule has 0 amide bonds. The summed E-state index contributed by atoms with van der Waals surface area (Å²) in [5, 5.41) is 0. The summed E-state index contributed by atoms with van der Waals surface area (Å²) in [6.45, 7) is 4.11. The quantitative estimate of drug-likeness (QED) is 0.327. The molecule has 0 saturated heterocycles. The van der Waals surface area contributed by atoms with Crippen LogP contribution in [-0.4, -0.2) is 32.2 Å². The molecule has 0 rings (SSSR count). The van der Waals surface area contributed by atoms with Gasteiger partial charge in [0.15, 0.2) is 0 Å². The summed E-state index contributed by atoms with van der Waals surface area (Å²) in [5.41, 5.74) is -6.23. The van der Waals surface area contributed by atoms with Crippen LogP contribution in [0.5, 0.6) is 0 Å². The Morgan fingerprint density at radius 1 is 1.25 bits per heavy atom. The van der Waals surface area contributed by atoms with Crippen molar-refractivity contribution in [2.45, 2.75) is 25.3 Å². The molecule has 0 aliphatic carbocycles. The Kier molecular flexibility index (Phi) is 6.02. The molecule has 10 heteroatoms. The van der Waals surface area contributed by atoms with Gasteiger partial charge in [0.2, 0.25) is 0 Å². The Balaban J connectivity index is 5.14. The van der Waals surface area contributed by atoms with E-state index >= 15 is 0 Å². The van der Waals surface area contributed by atoms with Gasteiger partial charge in [-0.2, -0.15) is 30.4 Å². The van der Waals surface area contributed by atoms with Crippen LogP contribution in [0.3, 0.4) is 0 Å². The molecule has 0 saturated carbocycles. The topological polar surface area (TPSA) is 55.7 Å². The molecule has 0 aromatic heterocycles. The van der Waals surface area contributed by atoms with Crippen molar-refractivity contribution in [3.8, 4) is 0 Å². The van der Waals surface area contributed by atoms with Crippen molar-refractivity contribution in [1.82, 2.24) is 0 Å². The maximum atomic E-state index is 13.5. The lowest BCUT2D eigenvalue weighted by Crippen LogP contribution is -2.36. The number of halogens is 5. The molecule has 20 heavy (non-hydrogen) atoms. The fourth-order valence-corrected chi connectivity index (χ4v) is 1.22. The second-order valence-corrected chi connectivity index (χ2v) is 5.40. The van der Waals surface area contributed by atoms with E-state index in [1.54, 1.807) is 13.8 Å². The number of hydrogen-bond acceptors (Lipinski definition) is 4. The predicted octanol–water partition coefficient (Wildman–Crippen LogP) is 3.04. The Hall–Kier alpha value is -1.29. The summed E-state index contributed by atoms with van der Waals surface area (Å²) >= 11 is 0. The molecule has 0 fully saturated rings. The minimum atomic E-state index is -6.09. The van der Waals surface area contributed by atoms with Crippen molar-refractivity contribution in [3.63, 3.8) is 0 Å². The summed E-state index contributed by atoms with van der Waals surface area (Å²) in [4.78, 5) is 3.31. The highest BCUT2D eigenvalue weighted by atomic mass is 32.2. The van der Waals surface area contributed by atoms with Crippen LogP contribution in [0.15, 0.2) is 29.4 Å². The summed E-state index contributed by atoms with van der Waals surface area (Å²) in [6, 6.07) is 0. The van der Waals surface area contributed by atoms with E-state index in [0.29, 0.717) is 11.6 Å². The zero-order valence-corrected chi connectivity index (χ0v) is 11.4. The first-order chi connectivity index (χ1) is 8.83. The summed E-state index contributed by atoms with van der Waals surface area (Å²) < 4.78 is 87.1. The normalized spacial score (nSPS) is 14.1. The monoisotopic (exact) mass is 321 g/mol. The van der Waals surface area contributed by atoms with Gasteiger partial charge in [-0.3, -0.25) is 9.18 Å². The van der Waals surface area contributed by atoms with Crippen molar-refractivity contribution >= 4 is 15.8 Å². The molecule has 116 valence electrons. The highest BCUT2D eigenvalue weighted by Gasteiger charge is 2.49. The third kappa shape index (κ3) is 5.37. The maximum Gasteiger partial charge on any atom is 0.523 e. The van der Waals surface area contributed by atoms with Crippen LogP contribution in [0.2, 0.25) is 0 Å². The SMILES string of the molecule is C=CC(=NC=C(C)C)C(F)(F)COS(=O)(=O)C(F)(F)F. The van der Waals surface area contributed by atoms with Gasteiger partial charge >= 0.3 is 21.5 Å². The molecule has 0 bridgehead atoms. The second-order valence-electron chi connectivity index (χ2n) is 3.79. The minimum Gasteiger partial charge on any atom is -0.256 e. The first-order valence-electron chi connectivity index (χ1n) is 5.01. The van der Waals surface area contributed by atoms with Crippen molar-refractivity contribution < 1.29 is 34.6 Å². The van der Waals surface area contributed by atoms with Crippen LogP contribution in [0.4, 0.5) is 22.0 Å². The number of rotatable bonds is 6. The molecule has 0 heterocycles. The van der Waals surface area contributed by atoms with E-state index in [2.05, 4.69) is 15.8 Å². The molecule has 0 aromatic rings. The van der Waals surface area contributed by atoms with Gasteiger partial charge in [-0.1, -0.05) is 12.2 Å². The molecule has 0 atom stereocenters. The highest BCUT2D eigenvalue weighted by molar-refractivity contribution is 7.87. The fourth-order valence-electron chi connectivity index (χ4n) is 0.787. The minimum absolute atomic E-state index is 0.545. The number of hydrogen-bond donors (Lipinski definition) is 0. The van der Waals surface area contributed by atoms with Crippen LogP contribution in [0, 0.1) is 0 Å². The summed E-state index contributed by atoms with van der Waals surface area (Å²) in [5.74, 6) is -4.04. The van der Waals surface area contributed by atoms with Gasteiger partial charge in [0.1, 0.15) is 12.3 Å². The van der Waals surface area contributed by atoms with Crippen molar-refractivity contribution in [2.24, 2.45) is 4.99 Å². The molecule has 0 N–H and O–H groups in total. The van der Waals surface area contributed by atoms with Gasteiger partial charge in [0.05, 0.1) is 0 Å². The van der Waals surface area contributed by atoms with E-state index in [4.69, 9.17) is 0 Å². The average molecular weight is 321 g/mol. The first-order valence-corrected chi connectivity index (χ1v) is 6.42. The highest BCUT2D eigenvalue weighted by Crippen LogP contribution is 2.27. The molecule has 0 aliphatic heterocycles. The molecule has 0 unspecified atom stereocenters. The van der Waals surface area contributed by atoms with Crippen molar-refractivity contribution in [3.05, 3.63) is 24.4 Å². The van der Waals surface area contributed by atoms with Crippen molar-refractivity contribution in [2.75, 3.05) is 6.61 Å². The van der Waals surface area contributed by atoms with Gasteiger partial charge < -0.3 is 0 Å². The largest absolute Gasteiger partial charge is 0.523 e. The van der Waals surface area contributed by atoms with Crippen molar-refractivity contribution in [1.29, 1.82) is 0 Å². The van der Waals surface area contributed by atoms with Gasteiger partial charge in [-0.05, 0) is 19.9 Å². The average Bonchev–Trinajstić information content (AvgIpc) is 2.25. The predicted molar refractivity (Wildman–Crippen MR) is 62.9 cm³/mol. The molecule has 0 aliphatic rings. The van der Waals surface area contributed by atoms with E-state index < -0.39 is 33.9 Å². The van der Waals surface area contributed by atoms with E-state index in [9.17, 15) is 30.4 Å². The molecule has 0 aromatic carbocycles. The Morgan fingerprint density at radius 2 is 1.75 bits per heavy atom. The lowest BCUT2D eigenvalue weighted by atomic mass is 10.2. The third-order valence-corrected chi connectivity index (χ3v) is 2.70. The lowest BCUT2D eigenvalue weighted by Gasteiger charge is -2.16. The van der Waals surface area contributed by atoms with Crippen LogP contribution in [-0.2, 0) is 14.3 Å². The number of allylic oxidation sites excluding steroid dienone is 2. The van der Waals surface area contributed by atoms with E-state index in [-0.39, 0.29) is 0 Å². The first kappa shape index (κ1) is 18.7. The van der Waals surface area contributed by atoms with Gasteiger partial charge in [-0.25, -0.2) is 0 Å². The number of aliphatic imine (C=N–C) groups is 1. The maximum absolute atomic E-state index is 13.5. The Morgan fingerprint density at radius 3 is 2.10 bits per heavy atom. The Bertz CT molecular complexity index is 516. The van der Waals surface area contributed by atoms with Crippen LogP contribution in [0.1, 0.15) is 13.8 Å². The standard InChI is InChI=1S/C10H12F5NO3S/c1-4-8(16-5-7(2)3)9(11,12)6-19-20(17,18)10(13,14)15/h4-5H,1,6H2,2-3H3. The van der Waals surface area contributed by atoms with Gasteiger partial charge in [0.25, 0.3) is 0 Å². The zero-order chi connectivity index (χ0) is 16.2. The molecular formula is C10H12F5NO3S. The molecule has 0 spiro atoms. The molecule has 0 radical (unpaired) electrons. The van der Waals surface area contributed by atoms with Crippen LogP contribution >= 0.6 is 0 Å². The second kappa shape index (κ2) is 6.44. The Labute approximate surface area is 112 Å². The van der Waals surface area contributed by atoms with E-state index in [1.165, 1.54) is 0 Å². The smallest absolute Gasteiger partial charge is 0.256 e.